The number of aromatic nitrogens is 1. The van der Waals surface area contributed by atoms with Gasteiger partial charge in [-0.2, -0.15) is 0 Å². The Hall–Kier alpha value is -3.12. The topological polar surface area (TPSA) is 54.5 Å². The van der Waals surface area contributed by atoms with Crippen LogP contribution in [0.4, 0.5) is 11.4 Å². The third kappa shape index (κ3) is 8.00. The number of aryl methyl sites for hydroxylation is 1. The highest BCUT2D eigenvalue weighted by atomic mass is 16.5. The normalized spacial score (nSPS) is 18.7. The average Bonchev–Trinajstić information content (AvgIpc) is 3.62. The summed E-state index contributed by atoms with van der Waals surface area (Å²) >= 11 is 0. The van der Waals surface area contributed by atoms with Crippen molar-refractivity contribution < 1.29 is 14.0 Å². The minimum atomic E-state index is 0.168. The third-order valence-electron chi connectivity index (χ3n) is 8.57. The summed E-state index contributed by atoms with van der Waals surface area (Å²) in [5.74, 6) is 2.74. The molecule has 1 N–H and O–H groups in total. The van der Waals surface area contributed by atoms with E-state index in [2.05, 4.69) is 69.5 Å². The average molecular weight is 560 g/mol. The van der Waals surface area contributed by atoms with E-state index in [9.17, 15) is 4.79 Å². The van der Waals surface area contributed by atoms with Crippen molar-refractivity contribution in [1.29, 1.82) is 0 Å². The molecule has 5 rings (SSSR count). The van der Waals surface area contributed by atoms with Crippen molar-refractivity contribution in [1.82, 2.24) is 4.98 Å². The fourth-order valence-electron chi connectivity index (χ4n) is 5.94. The molecule has 1 aliphatic carbocycles. The van der Waals surface area contributed by atoms with Gasteiger partial charge >= 0.3 is 0 Å². The van der Waals surface area contributed by atoms with Crippen molar-refractivity contribution in [3.63, 3.8) is 0 Å². The van der Waals surface area contributed by atoms with E-state index in [0.29, 0.717) is 12.3 Å². The summed E-state index contributed by atoms with van der Waals surface area (Å²) in [6, 6.07) is 10.5. The number of ketones is 1. The summed E-state index contributed by atoms with van der Waals surface area (Å²) in [6.45, 7) is 8.28. The highest BCUT2D eigenvalue weighted by Gasteiger charge is 2.29. The van der Waals surface area contributed by atoms with Crippen LogP contribution in [-0.2, 0) is 4.74 Å². The molecule has 0 bridgehead atoms. The molecule has 0 amide bonds. The predicted octanol–water partition coefficient (Wildman–Crippen LogP) is 8.06. The van der Waals surface area contributed by atoms with Crippen molar-refractivity contribution in [2.75, 3.05) is 51.6 Å². The lowest BCUT2D eigenvalue weighted by Crippen LogP contribution is -2.44. The number of Topliss-reactive ketones (excluding diaryl/α,β-unsaturated/α-hetero) is 1. The van der Waals surface area contributed by atoms with Gasteiger partial charge in [-0.1, -0.05) is 52.0 Å². The van der Waals surface area contributed by atoms with E-state index in [1.165, 1.54) is 43.4 Å². The van der Waals surface area contributed by atoms with E-state index in [4.69, 9.17) is 9.72 Å². The number of methoxy groups -OCH3 is 1. The lowest BCUT2D eigenvalue weighted by atomic mass is 9.98. The Labute approximate surface area is 248 Å². The van der Waals surface area contributed by atoms with Gasteiger partial charge in [0.05, 0.1) is 56.8 Å². The van der Waals surface area contributed by atoms with E-state index >= 15 is 0 Å². The zero-order chi connectivity index (χ0) is 29.6. The molecule has 6 heteroatoms. The van der Waals surface area contributed by atoms with Gasteiger partial charge in [-0.15, -0.1) is 0 Å². The van der Waals surface area contributed by atoms with Gasteiger partial charge in [-0.3, -0.25) is 9.78 Å². The number of ether oxygens (including phenoxy) is 1. The van der Waals surface area contributed by atoms with Gasteiger partial charge < -0.3 is 19.4 Å². The summed E-state index contributed by atoms with van der Waals surface area (Å²) in [7, 11) is 8.27. The van der Waals surface area contributed by atoms with Crippen LogP contribution in [-0.4, -0.2) is 56.6 Å². The summed E-state index contributed by atoms with van der Waals surface area (Å²) in [4.78, 5) is 20.1. The Morgan fingerprint density at radius 1 is 1.12 bits per heavy atom. The molecule has 0 radical (unpaired) electrons. The number of nitrogens with one attached hydrogen (secondary N) is 1. The number of carbonyl (C=O) groups is 1. The molecule has 0 saturated heterocycles. The molecule has 41 heavy (non-hydrogen) atoms. The number of unbranched alkanes of at least 4 members (excludes halogenated alkanes) is 1. The molecule has 1 fully saturated rings. The molecule has 6 nitrogen and oxygen atoms in total. The molecule has 222 valence electrons. The van der Waals surface area contributed by atoms with Crippen molar-refractivity contribution >= 4 is 22.7 Å². The van der Waals surface area contributed by atoms with Crippen LogP contribution in [0.15, 0.2) is 48.0 Å². The zero-order valence-corrected chi connectivity index (χ0v) is 26.5. The number of carbonyl (C=O) groups excluding carboxylic acids is 1. The maximum atomic E-state index is 13.1. The van der Waals surface area contributed by atoms with Crippen LogP contribution in [0.1, 0.15) is 105 Å². The number of quaternary nitrogens is 1. The molecule has 0 atom stereocenters. The first-order valence-corrected chi connectivity index (χ1v) is 15.5. The van der Waals surface area contributed by atoms with Gasteiger partial charge in [0.15, 0.2) is 5.78 Å². The summed E-state index contributed by atoms with van der Waals surface area (Å²) in [5, 5.41) is 3.51. The minimum absolute atomic E-state index is 0.168. The van der Waals surface area contributed by atoms with Gasteiger partial charge in [0.2, 0.25) is 0 Å². The quantitative estimate of drug-likeness (QED) is 0.201. The van der Waals surface area contributed by atoms with E-state index in [0.717, 1.165) is 76.6 Å². The van der Waals surface area contributed by atoms with Gasteiger partial charge in [-0.05, 0) is 61.6 Å². The fourth-order valence-corrected chi connectivity index (χ4v) is 5.94. The Bertz CT molecular complexity index is 1280. The SMILES string of the molecule is C1CCCC1.COC1=C(c2cc(C(=O)CCC/C=C3/Nc4ccc(C(C)C)cc4N3C)cc(C)n2)C[N+](C)(C)CC1. The number of hydrogen-bond donors (Lipinski definition) is 1. The van der Waals surface area contributed by atoms with E-state index in [1.54, 1.807) is 7.11 Å². The second-order valence-corrected chi connectivity index (χ2v) is 12.8. The molecular weight excluding hydrogens is 508 g/mol. The first kappa shape index (κ1) is 30.8. The number of fused-ring (bicyclic) bond motifs is 1. The van der Waals surface area contributed by atoms with Crippen molar-refractivity contribution in [3.8, 4) is 0 Å². The highest BCUT2D eigenvalue weighted by Crippen LogP contribution is 2.37. The van der Waals surface area contributed by atoms with Crippen LogP contribution in [0.3, 0.4) is 0 Å². The molecule has 0 unspecified atom stereocenters. The zero-order valence-electron chi connectivity index (χ0n) is 26.5. The van der Waals surface area contributed by atoms with Crippen molar-refractivity contribution in [2.24, 2.45) is 0 Å². The van der Waals surface area contributed by atoms with Gasteiger partial charge in [0.1, 0.15) is 18.1 Å². The van der Waals surface area contributed by atoms with E-state index < -0.39 is 0 Å². The number of nitrogens with zero attached hydrogens (tertiary/aromatic N) is 3. The van der Waals surface area contributed by atoms with Gasteiger partial charge in [0, 0.05) is 24.7 Å². The second kappa shape index (κ2) is 13.7. The largest absolute Gasteiger partial charge is 0.500 e. The number of rotatable bonds is 8. The number of likely N-dealkylation sites (N-methyl/N-ethyl adjacent to an activating group) is 1. The van der Waals surface area contributed by atoms with Crippen molar-refractivity contribution in [2.45, 2.75) is 84.5 Å². The Balaban J connectivity index is 0.000000699. The Kier molecular flexibility index (Phi) is 10.3. The lowest BCUT2D eigenvalue weighted by molar-refractivity contribution is -0.884. The molecule has 1 aromatic heterocycles. The maximum Gasteiger partial charge on any atom is 0.163 e. The van der Waals surface area contributed by atoms with Crippen LogP contribution in [0.5, 0.6) is 0 Å². The molecule has 2 aromatic rings. The number of allylic oxidation sites excluding steroid dienone is 1. The predicted molar refractivity (Wildman–Crippen MR) is 171 cm³/mol. The van der Waals surface area contributed by atoms with Crippen LogP contribution in [0.25, 0.3) is 5.57 Å². The van der Waals surface area contributed by atoms with E-state index in [1.807, 2.05) is 19.1 Å². The molecule has 2 aliphatic heterocycles. The van der Waals surface area contributed by atoms with Crippen LogP contribution >= 0.6 is 0 Å². The molecule has 1 aromatic carbocycles. The molecule has 1 saturated carbocycles. The number of benzene rings is 1. The monoisotopic (exact) mass is 559 g/mol. The maximum absolute atomic E-state index is 13.1. The first-order valence-electron chi connectivity index (χ1n) is 15.5. The first-order chi connectivity index (χ1) is 19.6. The molecule has 3 heterocycles. The van der Waals surface area contributed by atoms with Crippen LogP contribution < -0.4 is 10.2 Å². The Morgan fingerprint density at radius 2 is 1.83 bits per heavy atom. The second-order valence-electron chi connectivity index (χ2n) is 12.8. The highest BCUT2D eigenvalue weighted by molar-refractivity contribution is 5.96. The number of anilines is 2. The number of pyridine rings is 1. The third-order valence-corrected chi connectivity index (χ3v) is 8.57. The smallest absolute Gasteiger partial charge is 0.163 e. The lowest BCUT2D eigenvalue weighted by Gasteiger charge is -2.35. The van der Waals surface area contributed by atoms with Crippen LogP contribution in [0, 0.1) is 6.92 Å². The summed E-state index contributed by atoms with van der Waals surface area (Å²) < 4.78 is 6.59. The van der Waals surface area contributed by atoms with Gasteiger partial charge in [-0.25, -0.2) is 0 Å². The summed E-state index contributed by atoms with van der Waals surface area (Å²) in [5.41, 5.74) is 7.28. The number of hydrogen-bond acceptors (Lipinski definition) is 5. The van der Waals surface area contributed by atoms with Crippen LogP contribution in [0.2, 0.25) is 0 Å². The molecule has 3 aliphatic rings. The van der Waals surface area contributed by atoms with E-state index in [-0.39, 0.29) is 5.78 Å². The standard InChI is InChI=1S/C30H41N4O2.C5H10/c1-20(2)22-12-13-25-27(18-22)33(4)30(32-25)11-9-8-10-28(35)23-16-21(3)31-26(17-23)24-19-34(5,6)15-14-29(24)36-7;1-2-4-5-3-1/h11-13,16-18,20,32H,8-10,14-15,19H2,1-7H3;1-5H2/q+1;/b30-11-;. The Morgan fingerprint density at radius 3 is 2.49 bits per heavy atom. The molecule has 0 spiro atoms. The summed E-state index contributed by atoms with van der Waals surface area (Å²) in [6.07, 6.45) is 12.7. The minimum Gasteiger partial charge on any atom is -0.500 e. The van der Waals surface area contributed by atoms with Gasteiger partial charge in [0.25, 0.3) is 0 Å². The van der Waals surface area contributed by atoms with Crippen molar-refractivity contribution in [3.05, 3.63) is 70.5 Å². The molecular formula is C35H51N4O2+. The fraction of sp³-hybridized carbons (Fsp3) is 0.543.